The van der Waals surface area contributed by atoms with Gasteiger partial charge in [0, 0.05) is 17.0 Å². The van der Waals surface area contributed by atoms with E-state index >= 15 is 0 Å². The molecule has 2 aliphatic rings. The minimum Gasteiger partial charge on any atom is -0.423 e. The van der Waals surface area contributed by atoms with E-state index in [9.17, 15) is 10.1 Å². The number of carbonyl (C=O) groups excluding carboxylic acids is 1. The summed E-state index contributed by atoms with van der Waals surface area (Å²) in [6, 6.07) is 24.5. The van der Waals surface area contributed by atoms with Gasteiger partial charge in [-0.1, -0.05) is 54.5 Å². The molecule has 3 unspecified atom stereocenters. The summed E-state index contributed by atoms with van der Waals surface area (Å²) >= 11 is 0. The van der Waals surface area contributed by atoms with E-state index in [2.05, 4.69) is 47.3 Å². The summed E-state index contributed by atoms with van der Waals surface area (Å²) in [6.45, 7) is 3.91. The van der Waals surface area contributed by atoms with E-state index in [0.29, 0.717) is 40.1 Å². The number of ether oxygens (including phenoxy) is 1. The average Bonchev–Trinajstić information content (AvgIpc) is 3.45. The normalized spacial score (nSPS) is 19.7. The summed E-state index contributed by atoms with van der Waals surface area (Å²) in [5, 5.41) is 29.9. The molecule has 0 spiro atoms. The zero-order valence-corrected chi connectivity index (χ0v) is 24.2. The number of nitrogens with zero attached hydrogens (tertiary/aromatic N) is 2. The van der Waals surface area contributed by atoms with Crippen molar-refractivity contribution in [2.75, 3.05) is 20.1 Å². The van der Waals surface area contributed by atoms with Gasteiger partial charge in [0.15, 0.2) is 0 Å². The van der Waals surface area contributed by atoms with Gasteiger partial charge in [0.1, 0.15) is 6.29 Å². The summed E-state index contributed by atoms with van der Waals surface area (Å²) in [6.07, 6.45) is 5.21. The van der Waals surface area contributed by atoms with Crippen molar-refractivity contribution in [1.82, 2.24) is 10.2 Å². The molecule has 2 saturated heterocycles. The van der Waals surface area contributed by atoms with Crippen LogP contribution in [-0.2, 0) is 4.74 Å². The molecule has 0 aliphatic carbocycles. The highest BCUT2D eigenvalue weighted by atomic mass is 16.5. The first kappa shape index (κ1) is 30.4. The Balaban J connectivity index is 0.000000385. The average molecular weight is 560 g/mol. The summed E-state index contributed by atoms with van der Waals surface area (Å²) < 4.78 is 5.70. The fraction of sp³-hybridized carbons (Fsp3) is 0.314. The van der Waals surface area contributed by atoms with Crippen LogP contribution in [0.2, 0.25) is 0 Å². The molecule has 3 N–H and O–H groups in total. The Bertz CT molecular complexity index is 1520. The largest absolute Gasteiger partial charge is 0.423 e. The highest BCUT2D eigenvalue weighted by Crippen LogP contribution is 2.30. The first-order valence-electron chi connectivity index (χ1n) is 14.3. The lowest BCUT2D eigenvalue weighted by Gasteiger charge is -2.32. The third-order valence-corrected chi connectivity index (χ3v) is 7.72. The summed E-state index contributed by atoms with van der Waals surface area (Å²) in [4.78, 5) is 13.9. The smallest absolute Gasteiger partial charge is 0.220 e. The molecule has 3 aromatic carbocycles. The molecule has 3 atom stereocenters. The van der Waals surface area contributed by atoms with Gasteiger partial charge in [-0.05, 0) is 93.7 Å². The number of nitrogens with one attached hydrogen (secondary N) is 3. The second-order valence-corrected chi connectivity index (χ2v) is 10.5. The van der Waals surface area contributed by atoms with Gasteiger partial charge >= 0.3 is 0 Å². The van der Waals surface area contributed by atoms with Crippen molar-refractivity contribution >= 4 is 18.1 Å². The van der Waals surface area contributed by atoms with E-state index in [1.807, 2.05) is 31.2 Å². The molecule has 0 radical (unpaired) electrons. The molecule has 7 heteroatoms. The van der Waals surface area contributed by atoms with Crippen molar-refractivity contribution in [3.05, 3.63) is 95.1 Å². The van der Waals surface area contributed by atoms with Crippen molar-refractivity contribution in [2.45, 2.75) is 50.6 Å². The predicted octanol–water partition coefficient (Wildman–Crippen LogP) is 6.00. The lowest BCUT2D eigenvalue weighted by Crippen LogP contribution is -2.46. The maximum absolute atomic E-state index is 11.6. The SMILES string of the molecule is CC#CC1CCCN1C.N#Cc1ccccc1-c1cc(C=O)cc(C(=N)OC(=N)C2NCCCC2c2ccccc2)c1. The molecule has 0 aromatic heterocycles. The molecule has 7 nitrogen and oxygen atoms in total. The van der Waals surface area contributed by atoms with E-state index < -0.39 is 0 Å². The molecule has 0 amide bonds. The quantitative estimate of drug-likeness (QED) is 0.154. The number of hydrogen-bond donors (Lipinski definition) is 3. The van der Waals surface area contributed by atoms with Crippen LogP contribution in [0.3, 0.4) is 0 Å². The fourth-order valence-electron chi connectivity index (χ4n) is 5.55. The number of carbonyl (C=O) groups is 1. The fourth-order valence-corrected chi connectivity index (χ4v) is 5.55. The zero-order chi connectivity index (χ0) is 29.9. The molecule has 3 aromatic rings. The molecule has 0 bridgehead atoms. The Labute approximate surface area is 248 Å². The lowest BCUT2D eigenvalue weighted by molar-refractivity contribution is 0.112. The molecule has 0 saturated carbocycles. The van der Waals surface area contributed by atoms with Crippen LogP contribution < -0.4 is 5.32 Å². The van der Waals surface area contributed by atoms with Gasteiger partial charge in [-0.15, -0.1) is 5.92 Å². The molecule has 2 aliphatic heterocycles. The van der Waals surface area contributed by atoms with Gasteiger partial charge in [-0.3, -0.25) is 20.5 Å². The molecule has 42 heavy (non-hydrogen) atoms. The standard InChI is InChI=1S/C27H24N4O2.C8H13N/c28-16-20-9-4-5-10-23(20)21-13-18(17-32)14-22(15-21)26(29)33-27(30)25-24(11-6-12-31-25)19-7-2-1-3-8-19;1-3-5-8-6-4-7-9(8)2/h1-5,7-10,13-15,17,24-25,29-31H,6,11-12H2;8H,4,6-7H2,1-2H3. The first-order valence-corrected chi connectivity index (χ1v) is 14.3. The van der Waals surface area contributed by atoms with E-state index in [0.717, 1.165) is 24.9 Å². The second-order valence-electron chi connectivity index (χ2n) is 10.5. The van der Waals surface area contributed by atoms with Crippen molar-refractivity contribution < 1.29 is 9.53 Å². The number of rotatable bonds is 5. The monoisotopic (exact) mass is 559 g/mol. The van der Waals surface area contributed by atoms with E-state index in [1.54, 1.807) is 36.4 Å². The first-order chi connectivity index (χ1) is 20.4. The van der Waals surface area contributed by atoms with Crippen molar-refractivity contribution in [3.8, 4) is 29.0 Å². The van der Waals surface area contributed by atoms with Gasteiger partial charge in [-0.2, -0.15) is 5.26 Å². The van der Waals surface area contributed by atoms with Crippen LogP contribution in [0.1, 0.15) is 65.6 Å². The highest BCUT2D eigenvalue weighted by Gasteiger charge is 2.31. The van der Waals surface area contributed by atoms with Crippen LogP contribution in [0.4, 0.5) is 0 Å². The van der Waals surface area contributed by atoms with E-state index in [4.69, 9.17) is 15.6 Å². The Kier molecular flexibility index (Phi) is 10.8. The predicted molar refractivity (Wildman–Crippen MR) is 167 cm³/mol. The zero-order valence-electron chi connectivity index (χ0n) is 24.2. The Morgan fingerprint density at radius 1 is 1.05 bits per heavy atom. The lowest BCUT2D eigenvalue weighted by atomic mass is 9.84. The Morgan fingerprint density at radius 2 is 1.81 bits per heavy atom. The third-order valence-electron chi connectivity index (χ3n) is 7.72. The number of likely N-dealkylation sites (tertiary alicyclic amines) is 1. The molecule has 5 rings (SSSR count). The van der Waals surface area contributed by atoms with Gasteiger partial charge in [0.2, 0.25) is 11.8 Å². The Morgan fingerprint density at radius 3 is 2.50 bits per heavy atom. The number of aldehydes is 1. The second kappa shape index (κ2) is 14.9. The van der Waals surface area contributed by atoms with Gasteiger partial charge < -0.3 is 10.1 Å². The summed E-state index contributed by atoms with van der Waals surface area (Å²) in [5.41, 5.74) is 3.67. The van der Waals surface area contributed by atoms with Crippen molar-refractivity contribution in [3.63, 3.8) is 0 Å². The molecular weight excluding hydrogens is 522 g/mol. The molecule has 2 heterocycles. The number of nitriles is 1. The molecule has 2 fully saturated rings. The van der Waals surface area contributed by atoms with Crippen LogP contribution in [0, 0.1) is 34.0 Å². The van der Waals surface area contributed by atoms with E-state index in [1.165, 1.54) is 19.4 Å². The number of hydrogen-bond acceptors (Lipinski definition) is 7. The maximum Gasteiger partial charge on any atom is 0.220 e. The van der Waals surface area contributed by atoms with E-state index in [-0.39, 0.29) is 23.8 Å². The maximum atomic E-state index is 11.6. The molecular formula is C35H37N5O2. The van der Waals surface area contributed by atoms with Crippen LogP contribution in [-0.4, -0.2) is 55.2 Å². The third kappa shape index (κ3) is 7.59. The topological polar surface area (TPSA) is 113 Å². The van der Waals surface area contributed by atoms with Gasteiger partial charge in [-0.25, -0.2) is 0 Å². The van der Waals surface area contributed by atoms with Gasteiger partial charge in [0.25, 0.3) is 0 Å². The number of piperidine rings is 1. The highest BCUT2D eigenvalue weighted by molar-refractivity contribution is 6.02. The minimum absolute atomic E-state index is 0.0240. The summed E-state index contributed by atoms with van der Waals surface area (Å²) in [5.74, 6) is 5.97. The van der Waals surface area contributed by atoms with Crippen LogP contribution >= 0.6 is 0 Å². The Hall–Kier alpha value is -4.56. The van der Waals surface area contributed by atoms with Crippen molar-refractivity contribution in [2.24, 2.45) is 0 Å². The van der Waals surface area contributed by atoms with Crippen LogP contribution in [0.15, 0.2) is 72.8 Å². The van der Waals surface area contributed by atoms with Crippen molar-refractivity contribution in [1.29, 1.82) is 16.1 Å². The molecule has 214 valence electrons. The van der Waals surface area contributed by atoms with Crippen LogP contribution in [0.25, 0.3) is 11.1 Å². The van der Waals surface area contributed by atoms with Gasteiger partial charge in [0.05, 0.1) is 23.7 Å². The summed E-state index contributed by atoms with van der Waals surface area (Å²) in [7, 11) is 2.14. The minimum atomic E-state index is -0.338. The number of benzene rings is 3. The van der Waals surface area contributed by atoms with Crippen LogP contribution in [0.5, 0.6) is 0 Å².